The van der Waals surface area contributed by atoms with Crippen LogP contribution in [0.25, 0.3) is 0 Å². The minimum atomic E-state index is -0.337. The molecule has 5 heteroatoms. The molecule has 2 aromatic rings. The fourth-order valence-corrected chi connectivity index (χ4v) is 1.95. The summed E-state index contributed by atoms with van der Waals surface area (Å²) in [5.74, 6) is 0.170. The van der Waals surface area contributed by atoms with Crippen LogP contribution in [0.4, 0.5) is 0 Å². The van der Waals surface area contributed by atoms with E-state index in [0.717, 1.165) is 5.56 Å². The predicted octanol–water partition coefficient (Wildman–Crippen LogP) is 2.20. The molecule has 0 spiro atoms. The molecule has 1 aromatic heterocycles. The van der Waals surface area contributed by atoms with Gasteiger partial charge in [-0.15, -0.1) is 0 Å². The molecule has 0 bridgehead atoms. The zero-order valence-electron chi connectivity index (χ0n) is 10.4. The first-order chi connectivity index (χ1) is 9.28. The third-order valence-electron chi connectivity index (χ3n) is 2.99. The van der Waals surface area contributed by atoms with Crippen molar-refractivity contribution in [2.24, 2.45) is 0 Å². The Morgan fingerprint density at radius 2 is 2.11 bits per heavy atom. The Balaban J connectivity index is 1.67. The number of oxazole rings is 1. The first-order valence-electron chi connectivity index (χ1n) is 5.99. The van der Waals surface area contributed by atoms with Crippen LogP contribution >= 0.6 is 0 Å². The number of ether oxygens (including phenoxy) is 2. The number of methoxy groups -OCH3 is 1. The summed E-state index contributed by atoms with van der Waals surface area (Å²) >= 11 is 0. The van der Waals surface area contributed by atoms with Gasteiger partial charge in [0.05, 0.1) is 19.2 Å². The second-order valence-corrected chi connectivity index (χ2v) is 4.32. The smallest absolute Gasteiger partial charge is 0.311 e. The van der Waals surface area contributed by atoms with Crippen molar-refractivity contribution in [3.05, 3.63) is 53.7 Å². The Morgan fingerprint density at radius 3 is 2.84 bits per heavy atom. The largest absolute Gasteiger partial charge is 0.469 e. The SMILES string of the molecule is COC(=O)Cc1coc(C2OC2c2ccccc2)n1. The lowest BCUT2D eigenvalue weighted by Crippen LogP contribution is -2.04. The lowest BCUT2D eigenvalue weighted by atomic mass is 10.1. The summed E-state index contributed by atoms with van der Waals surface area (Å²) < 4.78 is 15.5. The van der Waals surface area contributed by atoms with Crippen LogP contribution in [0.1, 0.15) is 29.4 Å². The monoisotopic (exact) mass is 259 g/mol. The van der Waals surface area contributed by atoms with Gasteiger partial charge in [0.15, 0.2) is 6.10 Å². The van der Waals surface area contributed by atoms with Gasteiger partial charge in [0.2, 0.25) is 5.89 Å². The lowest BCUT2D eigenvalue weighted by molar-refractivity contribution is -0.139. The van der Waals surface area contributed by atoms with Crippen LogP contribution in [0.2, 0.25) is 0 Å². The van der Waals surface area contributed by atoms with Crippen molar-refractivity contribution in [3.8, 4) is 0 Å². The number of rotatable bonds is 4. The molecule has 1 saturated heterocycles. The number of hydrogen-bond acceptors (Lipinski definition) is 5. The van der Waals surface area contributed by atoms with E-state index < -0.39 is 0 Å². The van der Waals surface area contributed by atoms with Crippen LogP contribution in [-0.2, 0) is 20.7 Å². The fraction of sp³-hybridized carbons (Fsp3) is 0.286. The molecular formula is C14H13NO4. The maximum absolute atomic E-state index is 11.1. The van der Waals surface area contributed by atoms with Gasteiger partial charge in [-0.1, -0.05) is 30.3 Å². The fourth-order valence-electron chi connectivity index (χ4n) is 1.95. The van der Waals surface area contributed by atoms with Crippen LogP contribution < -0.4 is 0 Å². The molecule has 0 aliphatic carbocycles. The molecule has 0 radical (unpaired) electrons. The first kappa shape index (κ1) is 11.9. The molecule has 98 valence electrons. The Kier molecular flexibility index (Phi) is 3.05. The van der Waals surface area contributed by atoms with Gasteiger partial charge in [-0.25, -0.2) is 4.98 Å². The van der Waals surface area contributed by atoms with Crippen molar-refractivity contribution in [2.45, 2.75) is 18.6 Å². The summed E-state index contributed by atoms with van der Waals surface area (Å²) in [6.45, 7) is 0. The Hall–Kier alpha value is -2.14. The van der Waals surface area contributed by atoms with Crippen LogP contribution in [0.15, 0.2) is 41.0 Å². The van der Waals surface area contributed by atoms with E-state index in [0.29, 0.717) is 11.6 Å². The standard InChI is InChI=1S/C14H13NO4/c1-17-11(16)7-10-8-18-14(15-10)13-12(19-13)9-5-3-2-4-6-9/h2-6,8,12-13H,7H2,1H3. The molecule has 1 aromatic carbocycles. The summed E-state index contributed by atoms with van der Waals surface area (Å²) in [6.07, 6.45) is 1.42. The van der Waals surface area contributed by atoms with E-state index in [4.69, 9.17) is 9.15 Å². The summed E-state index contributed by atoms with van der Waals surface area (Å²) in [6, 6.07) is 9.89. The number of nitrogens with zero attached hydrogens (tertiary/aromatic N) is 1. The highest BCUT2D eigenvalue weighted by molar-refractivity contribution is 5.71. The number of esters is 1. The van der Waals surface area contributed by atoms with Crippen LogP contribution in [-0.4, -0.2) is 18.1 Å². The number of aromatic nitrogens is 1. The Bertz CT molecular complexity index is 578. The van der Waals surface area contributed by atoms with Crippen molar-refractivity contribution in [3.63, 3.8) is 0 Å². The Labute approximate surface area is 110 Å². The van der Waals surface area contributed by atoms with Crippen molar-refractivity contribution >= 4 is 5.97 Å². The molecule has 1 fully saturated rings. The average molecular weight is 259 g/mol. The van der Waals surface area contributed by atoms with Crippen molar-refractivity contribution in [1.82, 2.24) is 4.98 Å². The third kappa shape index (κ3) is 2.51. The summed E-state index contributed by atoms with van der Waals surface area (Å²) in [5.41, 5.74) is 1.66. The zero-order chi connectivity index (χ0) is 13.2. The highest BCUT2D eigenvalue weighted by atomic mass is 16.6. The molecule has 2 unspecified atom stereocenters. The van der Waals surface area contributed by atoms with Crippen LogP contribution in [0.5, 0.6) is 0 Å². The lowest BCUT2D eigenvalue weighted by Gasteiger charge is -1.93. The highest BCUT2D eigenvalue weighted by Crippen LogP contribution is 2.50. The van der Waals surface area contributed by atoms with Gasteiger partial charge in [0, 0.05) is 0 Å². The van der Waals surface area contributed by atoms with E-state index in [1.54, 1.807) is 0 Å². The second-order valence-electron chi connectivity index (χ2n) is 4.32. The minimum absolute atomic E-state index is 0.00849. The minimum Gasteiger partial charge on any atom is -0.469 e. The molecule has 0 N–H and O–H groups in total. The summed E-state index contributed by atoms with van der Waals surface area (Å²) in [4.78, 5) is 15.4. The van der Waals surface area contributed by atoms with Gasteiger partial charge in [-0.05, 0) is 5.56 Å². The third-order valence-corrected chi connectivity index (χ3v) is 2.99. The van der Waals surface area contributed by atoms with E-state index in [1.807, 2.05) is 30.3 Å². The number of hydrogen-bond donors (Lipinski definition) is 0. The second kappa shape index (κ2) is 4.85. The van der Waals surface area contributed by atoms with E-state index in [2.05, 4.69) is 9.72 Å². The number of carbonyl (C=O) groups is 1. The summed E-state index contributed by atoms with van der Waals surface area (Å²) in [7, 11) is 1.35. The molecule has 1 aliphatic heterocycles. The molecule has 19 heavy (non-hydrogen) atoms. The molecule has 2 atom stereocenters. The first-order valence-corrected chi connectivity index (χ1v) is 5.99. The van der Waals surface area contributed by atoms with Crippen molar-refractivity contribution < 1.29 is 18.7 Å². The normalized spacial score (nSPS) is 21.1. The summed E-state index contributed by atoms with van der Waals surface area (Å²) in [5, 5.41) is 0. The van der Waals surface area contributed by atoms with Gasteiger partial charge in [0.25, 0.3) is 0 Å². The molecule has 0 amide bonds. The number of epoxide rings is 1. The van der Waals surface area contributed by atoms with Crippen LogP contribution in [0, 0.1) is 0 Å². The topological polar surface area (TPSA) is 64.9 Å². The van der Waals surface area contributed by atoms with E-state index in [1.165, 1.54) is 13.4 Å². The quantitative estimate of drug-likeness (QED) is 0.622. The maximum Gasteiger partial charge on any atom is 0.311 e. The molecular weight excluding hydrogens is 246 g/mol. The maximum atomic E-state index is 11.1. The highest BCUT2D eigenvalue weighted by Gasteiger charge is 2.45. The van der Waals surface area contributed by atoms with Crippen molar-refractivity contribution in [2.75, 3.05) is 7.11 Å². The van der Waals surface area contributed by atoms with Gasteiger partial charge < -0.3 is 13.9 Å². The Morgan fingerprint density at radius 1 is 1.32 bits per heavy atom. The molecule has 3 rings (SSSR count). The number of benzene rings is 1. The van der Waals surface area contributed by atoms with Gasteiger partial charge in [-0.3, -0.25) is 4.79 Å². The van der Waals surface area contributed by atoms with Crippen molar-refractivity contribution in [1.29, 1.82) is 0 Å². The average Bonchev–Trinajstić information content (AvgIpc) is 3.13. The van der Waals surface area contributed by atoms with Gasteiger partial charge >= 0.3 is 5.97 Å². The van der Waals surface area contributed by atoms with Crippen LogP contribution in [0.3, 0.4) is 0 Å². The zero-order valence-corrected chi connectivity index (χ0v) is 10.4. The molecule has 1 aliphatic rings. The molecule has 5 nitrogen and oxygen atoms in total. The van der Waals surface area contributed by atoms with E-state index in [-0.39, 0.29) is 24.6 Å². The molecule has 0 saturated carbocycles. The number of carbonyl (C=O) groups excluding carboxylic acids is 1. The van der Waals surface area contributed by atoms with Gasteiger partial charge in [0.1, 0.15) is 12.4 Å². The molecule has 2 heterocycles. The van der Waals surface area contributed by atoms with E-state index in [9.17, 15) is 4.79 Å². The van der Waals surface area contributed by atoms with Gasteiger partial charge in [-0.2, -0.15) is 0 Å². The predicted molar refractivity (Wildman–Crippen MR) is 65.2 cm³/mol. The van der Waals surface area contributed by atoms with E-state index >= 15 is 0 Å².